The van der Waals surface area contributed by atoms with E-state index in [9.17, 15) is 33.6 Å². The summed E-state index contributed by atoms with van der Waals surface area (Å²) in [5.41, 5.74) is 5.94. The van der Waals surface area contributed by atoms with Crippen molar-refractivity contribution in [3.8, 4) is 0 Å². The van der Waals surface area contributed by atoms with Gasteiger partial charge < -0.3 is 36.6 Å². The number of ether oxygens (including phenoxy) is 1. The fraction of sp³-hybridized carbons (Fsp3) is 0.649. The van der Waals surface area contributed by atoms with Gasteiger partial charge in [-0.05, 0) is 54.6 Å². The van der Waals surface area contributed by atoms with Gasteiger partial charge in [-0.15, -0.1) is 23.5 Å². The summed E-state index contributed by atoms with van der Waals surface area (Å²) < 4.78 is 4.98. The monoisotopic (exact) mass is 774 g/mol. The Hall–Kier alpha value is -3.79. The summed E-state index contributed by atoms with van der Waals surface area (Å²) in [4.78, 5) is 94.3. The van der Waals surface area contributed by atoms with Crippen molar-refractivity contribution in [3.05, 3.63) is 35.9 Å². The van der Waals surface area contributed by atoms with E-state index in [2.05, 4.69) is 21.3 Å². The molecule has 1 aromatic rings. The minimum Gasteiger partial charge on any atom is -0.449 e. The van der Waals surface area contributed by atoms with E-state index in [1.807, 2.05) is 13.8 Å². The maximum Gasteiger partial charge on any atom is 0.407 e. The van der Waals surface area contributed by atoms with E-state index in [1.165, 1.54) is 0 Å². The van der Waals surface area contributed by atoms with Crippen LogP contribution < -0.4 is 27.0 Å². The van der Waals surface area contributed by atoms with Gasteiger partial charge in [0.15, 0.2) is 0 Å². The fourth-order valence-corrected chi connectivity index (χ4v) is 10.3. The van der Waals surface area contributed by atoms with Crippen LogP contribution in [-0.2, 0) is 33.5 Å². The Kier molecular flexibility index (Phi) is 15.9. The number of nitrogens with zero attached hydrogens (tertiary/aromatic N) is 1. The number of carbonyl (C=O) groups excluding carboxylic acids is 7. The van der Waals surface area contributed by atoms with Crippen LogP contribution in [0.2, 0.25) is 0 Å². The van der Waals surface area contributed by atoms with Gasteiger partial charge in [0, 0.05) is 13.0 Å². The first-order chi connectivity index (χ1) is 25.3. The summed E-state index contributed by atoms with van der Waals surface area (Å²) in [6.07, 6.45) is 5.71. The van der Waals surface area contributed by atoms with Crippen LogP contribution in [0.3, 0.4) is 0 Å². The number of Topliss-reactive ketones (excluding diaryl/α,β-unsaturated/α-hetero) is 1. The third-order valence-corrected chi connectivity index (χ3v) is 13.0. The number of rotatable bonds is 16. The summed E-state index contributed by atoms with van der Waals surface area (Å²) >= 11 is 3.44. The molecule has 0 aromatic heterocycles. The first-order valence-electron chi connectivity index (χ1n) is 18.6. The molecule has 1 saturated carbocycles. The number of hydrogen-bond donors (Lipinski definition) is 5. The van der Waals surface area contributed by atoms with Gasteiger partial charge in [0.2, 0.25) is 29.4 Å². The van der Waals surface area contributed by atoms with Gasteiger partial charge in [-0.1, -0.05) is 76.8 Å². The average molecular weight is 775 g/mol. The normalized spacial score (nSPS) is 20.2. The number of ketones is 1. The van der Waals surface area contributed by atoms with Crippen LogP contribution in [-0.4, -0.2) is 99.7 Å². The molecule has 53 heavy (non-hydrogen) atoms. The Morgan fingerprint density at radius 1 is 0.943 bits per heavy atom. The lowest BCUT2D eigenvalue weighted by molar-refractivity contribution is -0.143. The highest BCUT2D eigenvalue weighted by Crippen LogP contribution is 2.50. The topological polar surface area (TPSA) is 206 Å². The van der Waals surface area contributed by atoms with E-state index >= 15 is 0 Å². The van der Waals surface area contributed by atoms with Gasteiger partial charge >= 0.3 is 6.09 Å². The number of benzene rings is 1. The molecule has 1 aliphatic carbocycles. The van der Waals surface area contributed by atoms with Crippen LogP contribution in [0.1, 0.15) is 90.2 Å². The van der Waals surface area contributed by atoms with Crippen molar-refractivity contribution in [2.24, 2.45) is 17.6 Å². The maximum atomic E-state index is 14.5. The molecule has 1 aromatic carbocycles. The molecule has 4 rings (SSSR count). The second-order valence-corrected chi connectivity index (χ2v) is 17.6. The zero-order chi connectivity index (χ0) is 38.5. The average Bonchev–Trinajstić information content (AvgIpc) is 3.52. The fourth-order valence-electron chi connectivity index (χ4n) is 6.98. The first kappa shape index (κ1) is 42.0. The van der Waals surface area contributed by atoms with Crippen LogP contribution in [0, 0.1) is 11.8 Å². The first-order valence-corrected chi connectivity index (χ1v) is 20.6. The summed E-state index contributed by atoms with van der Waals surface area (Å²) in [7, 11) is 0. The van der Waals surface area contributed by atoms with Crippen LogP contribution >= 0.6 is 23.5 Å². The van der Waals surface area contributed by atoms with E-state index in [4.69, 9.17) is 10.5 Å². The molecule has 3 fully saturated rings. The number of thioether (sulfide) groups is 2. The molecule has 2 aliphatic heterocycles. The second-order valence-electron chi connectivity index (χ2n) is 14.4. The quantitative estimate of drug-likeness (QED) is 0.155. The zero-order valence-corrected chi connectivity index (χ0v) is 32.5. The SMILES string of the molecule is CCCC(NC(=O)C1CC2(CN1C(=O)C(NC(=O)OCC(C)C)C1CCCCC1)SCCCS2)C(=O)C(=O)NCC(=O)NC(C(N)=O)c1ccccc1. The molecule has 292 valence electrons. The van der Waals surface area contributed by atoms with E-state index in [0.717, 1.165) is 50.0 Å². The Balaban J connectivity index is 1.47. The highest BCUT2D eigenvalue weighted by Gasteiger charge is 2.52. The van der Waals surface area contributed by atoms with E-state index in [1.54, 1.807) is 65.7 Å². The Morgan fingerprint density at radius 3 is 2.25 bits per heavy atom. The van der Waals surface area contributed by atoms with Crippen molar-refractivity contribution < 1.29 is 38.3 Å². The predicted molar refractivity (Wildman–Crippen MR) is 203 cm³/mol. The molecule has 6 amide bonds. The standard InChI is InChI=1S/C37H54N6O8S2/c1-4-12-26(31(45)34(48)39-20-28(44)41-29(32(38)46)24-13-7-5-8-14-24)40-33(47)27-19-37(52-17-11-18-53-37)22-43(27)35(49)30(25-15-9-6-10-16-25)42-36(50)51-21-23(2)3/h5,7-8,13-14,23,25-27,29-30H,4,6,9-12,15-22H2,1-3H3,(H2,38,46)(H,39,48)(H,40,47)(H,41,44)(H,42,50). The summed E-state index contributed by atoms with van der Waals surface area (Å²) in [5.74, 6) is -2.71. The highest BCUT2D eigenvalue weighted by atomic mass is 32.2. The van der Waals surface area contributed by atoms with Crippen LogP contribution in [0.5, 0.6) is 0 Å². The molecular formula is C37H54N6O8S2. The molecule has 3 aliphatic rings. The van der Waals surface area contributed by atoms with Crippen molar-refractivity contribution in [2.45, 2.75) is 107 Å². The van der Waals surface area contributed by atoms with Crippen LogP contribution in [0.15, 0.2) is 30.3 Å². The third kappa shape index (κ3) is 11.8. The summed E-state index contributed by atoms with van der Waals surface area (Å²) in [5, 5.41) is 10.4. The number of amides is 6. The van der Waals surface area contributed by atoms with Gasteiger partial charge in [-0.25, -0.2) is 4.79 Å². The van der Waals surface area contributed by atoms with E-state index < -0.39 is 70.3 Å². The maximum absolute atomic E-state index is 14.5. The van der Waals surface area contributed by atoms with Gasteiger partial charge in [0.05, 0.1) is 23.3 Å². The largest absolute Gasteiger partial charge is 0.449 e. The van der Waals surface area contributed by atoms with Crippen LogP contribution in [0.4, 0.5) is 4.79 Å². The van der Waals surface area contributed by atoms with E-state index in [0.29, 0.717) is 24.9 Å². The highest BCUT2D eigenvalue weighted by molar-refractivity contribution is 8.18. The van der Waals surface area contributed by atoms with E-state index in [-0.39, 0.29) is 30.8 Å². The molecule has 4 unspecified atom stereocenters. The number of nitrogens with two attached hydrogens (primary N) is 1. The Labute approximate surface area is 320 Å². The van der Waals surface area contributed by atoms with Crippen LogP contribution in [0.25, 0.3) is 0 Å². The molecule has 2 heterocycles. The molecule has 6 N–H and O–H groups in total. The number of carbonyl (C=O) groups is 7. The summed E-state index contributed by atoms with van der Waals surface area (Å²) in [6, 6.07) is 4.19. The molecular weight excluding hydrogens is 721 g/mol. The molecule has 4 atom stereocenters. The number of alkyl carbamates (subject to hydrolysis) is 1. The number of nitrogens with one attached hydrogen (secondary N) is 4. The van der Waals surface area contributed by atoms with Crippen molar-refractivity contribution in [1.82, 2.24) is 26.2 Å². The van der Waals surface area contributed by atoms with Crippen molar-refractivity contribution in [1.29, 1.82) is 0 Å². The summed E-state index contributed by atoms with van der Waals surface area (Å²) in [6.45, 7) is 5.55. The molecule has 1 spiro atoms. The number of hydrogen-bond acceptors (Lipinski definition) is 10. The smallest absolute Gasteiger partial charge is 0.407 e. The van der Waals surface area contributed by atoms with Gasteiger partial charge in [-0.3, -0.25) is 28.8 Å². The lowest BCUT2D eigenvalue weighted by atomic mass is 9.83. The lowest BCUT2D eigenvalue weighted by Gasteiger charge is -2.35. The minimum absolute atomic E-state index is 0.114. The Bertz CT molecular complexity index is 1470. The molecule has 0 bridgehead atoms. The minimum atomic E-state index is -1.21. The van der Waals surface area contributed by atoms with Crippen molar-refractivity contribution in [3.63, 3.8) is 0 Å². The molecule has 0 radical (unpaired) electrons. The van der Waals surface area contributed by atoms with Gasteiger partial charge in [0.1, 0.15) is 18.1 Å². The molecule has 2 saturated heterocycles. The second kappa shape index (κ2) is 20.0. The number of likely N-dealkylation sites (tertiary alicyclic amines) is 1. The third-order valence-electron chi connectivity index (χ3n) is 9.67. The van der Waals surface area contributed by atoms with Gasteiger partial charge in [0.25, 0.3) is 5.91 Å². The molecule has 14 nitrogen and oxygen atoms in total. The number of primary amides is 1. The molecule has 16 heteroatoms. The van der Waals surface area contributed by atoms with Gasteiger partial charge in [-0.2, -0.15) is 0 Å². The predicted octanol–water partition coefficient (Wildman–Crippen LogP) is 2.80. The lowest BCUT2D eigenvalue weighted by Crippen LogP contribution is -2.58. The zero-order valence-electron chi connectivity index (χ0n) is 30.9. The van der Waals surface area contributed by atoms with Crippen molar-refractivity contribution in [2.75, 3.05) is 31.2 Å². The Morgan fingerprint density at radius 2 is 1.62 bits per heavy atom. The van der Waals surface area contributed by atoms with Crippen molar-refractivity contribution >= 4 is 64.9 Å².